The van der Waals surface area contributed by atoms with Crippen molar-refractivity contribution >= 4 is 29.6 Å². The number of furan rings is 1. The van der Waals surface area contributed by atoms with Crippen LogP contribution < -0.4 is 5.32 Å². The van der Waals surface area contributed by atoms with E-state index in [9.17, 15) is 14.9 Å². The van der Waals surface area contributed by atoms with Crippen LogP contribution in [0.1, 0.15) is 34.6 Å². The molecule has 0 aliphatic rings. The van der Waals surface area contributed by atoms with Gasteiger partial charge in [-0.3, -0.25) is 4.79 Å². The minimum absolute atomic E-state index is 0.0111. The molecule has 30 heavy (non-hydrogen) atoms. The largest absolute Gasteiger partial charge is 0.478 e. The highest BCUT2D eigenvalue weighted by Crippen LogP contribution is 2.28. The lowest BCUT2D eigenvalue weighted by Crippen LogP contribution is -2.27. The Kier molecular flexibility index (Phi) is 6.35. The molecule has 1 heterocycles. The van der Waals surface area contributed by atoms with Gasteiger partial charge in [0.15, 0.2) is 0 Å². The van der Waals surface area contributed by atoms with Gasteiger partial charge in [-0.25, -0.2) is 4.79 Å². The van der Waals surface area contributed by atoms with Crippen molar-refractivity contribution in [1.82, 2.24) is 5.32 Å². The van der Waals surface area contributed by atoms with Gasteiger partial charge in [0.25, 0.3) is 5.91 Å². The van der Waals surface area contributed by atoms with Gasteiger partial charge in [0.05, 0.1) is 16.6 Å². The standard InChI is InChI=1S/C23H17ClN2O4/c1-14(15-5-3-2-4-6-15)26-22(27)17(13-25)11-18-8-10-21(30-18)16-7-9-19(23(28)29)20(24)12-16/h2-12,14H,1H3,(H,26,27)(H,28,29)/b17-11+/t14-/m1/s1. The van der Waals surface area contributed by atoms with E-state index >= 15 is 0 Å². The van der Waals surface area contributed by atoms with E-state index in [4.69, 9.17) is 21.1 Å². The summed E-state index contributed by atoms with van der Waals surface area (Å²) in [5.41, 5.74) is 1.39. The summed E-state index contributed by atoms with van der Waals surface area (Å²) >= 11 is 6.00. The van der Waals surface area contributed by atoms with E-state index in [0.717, 1.165) is 5.56 Å². The summed E-state index contributed by atoms with van der Waals surface area (Å²) in [5, 5.41) is 21.3. The second-order valence-electron chi connectivity index (χ2n) is 6.48. The number of benzene rings is 2. The average Bonchev–Trinajstić information content (AvgIpc) is 3.20. The summed E-state index contributed by atoms with van der Waals surface area (Å²) < 4.78 is 5.68. The number of halogens is 1. The maximum Gasteiger partial charge on any atom is 0.337 e. The molecule has 0 aliphatic heterocycles. The van der Waals surface area contributed by atoms with Gasteiger partial charge >= 0.3 is 5.97 Å². The van der Waals surface area contributed by atoms with E-state index in [2.05, 4.69) is 5.32 Å². The van der Waals surface area contributed by atoms with Crippen LogP contribution in [0.25, 0.3) is 17.4 Å². The third-order valence-corrected chi connectivity index (χ3v) is 4.72. The van der Waals surface area contributed by atoms with Crippen LogP contribution in [-0.4, -0.2) is 17.0 Å². The molecular formula is C23H17ClN2O4. The molecule has 0 unspecified atom stereocenters. The molecule has 7 heteroatoms. The third kappa shape index (κ3) is 4.77. The molecule has 0 saturated heterocycles. The fraction of sp³-hybridized carbons (Fsp3) is 0.0870. The number of carbonyl (C=O) groups excluding carboxylic acids is 1. The fourth-order valence-electron chi connectivity index (χ4n) is 2.82. The molecule has 0 saturated carbocycles. The third-order valence-electron chi connectivity index (χ3n) is 4.41. The summed E-state index contributed by atoms with van der Waals surface area (Å²) in [4.78, 5) is 23.5. The molecule has 150 valence electrons. The Labute approximate surface area is 178 Å². The molecule has 2 aromatic carbocycles. The minimum atomic E-state index is -1.12. The minimum Gasteiger partial charge on any atom is -0.478 e. The molecule has 3 rings (SSSR count). The summed E-state index contributed by atoms with van der Waals surface area (Å²) in [6.07, 6.45) is 1.35. The highest BCUT2D eigenvalue weighted by atomic mass is 35.5. The number of hydrogen-bond acceptors (Lipinski definition) is 4. The second-order valence-corrected chi connectivity index (χ2v) is 6.88. The van der Waals surface area contributed by atoms with Crippen molar-refractivity contribution in [3.63, 3.8) is 0 Å². The molecule has 6 nitrogen and oxygen atoms in total. The van der Waals surface area contributed by atoms with Gasteiger partial charge in [-0.05, 0) is 36.8 Å². The topological polar surface area (TPSA) is 103 Å². The Morgan fingerprint density at radius 3 is 2.53 bits per heavy atom. The number of nitrogens with one attached hydrogen (secondary N) is 1. The number of carboxylic acid groups (broad SMARTS) is 1. The van der Waals surface area contributed by atoms with Gasteiger partial charge in [0.2, 0.25) is 0 Å². The van der Waals surface area contributed by atoms with Gasteiger partial charge in [0.1, 0.15) is 23.2 Å². The molecule has 0 spiro atoms. The first-order valence-corrected chi connectivity index (χ1v) is 9.37. The predicted molar refractivity (Wildman–Crippen MR) is 113 cm³/mol. The molecular weight excluding hydrogens is 404 g/mol. The Balaban J connectivity index is 1.78. The van der Waals surface area contributed by atoms with Crippen molar-refractivity contribution in [2.45, 2.75) is 13.0 Å². The highest BCUT2D eigenvalue weighted by molar-refractivity contribution is 6.33. The Morgan fingerprint density at radius 2 is 1.90 bits per heavy atom. The smallest absolute Gasteiger partial charge is 0.337 e. The molecule has 0 fully saturated rings. The van der Waals surface area contributed by atoms with E-state index in [0.29, 0.717) is 17.1 Å². The van der Waals surface area contributed by atoms with Crippen LogP contribution in [0.2, 0.25) is 5.02 Å². The van der Waals surface area contributed by atoms with Crippen molar-refractivity contribution in [2.24, 2.45) is 0 Å². The van der Waals surface area contributed by atoms with Crippen molar-refractivity contribution in [3.8, 4) is 17.4 Å². The summed E-state index contributed by atoms with van der Waals surface area (Å²) in [6, 6.07) is 18.7. The molecule has 1 amide bonds. The van der Waals surface area contributed by atoms with E-state index in [-0.39, 0.29) is 22.2 Å². The van der Waals surface area contributed by atoms with Crippen molar-refractivity contribution in [1.29, 1.82) is 5.26 Å². The van der Waals surface area contributed by atoms with E-state index < -0.39 is 11.9 Å². The van der Waals surface area contributed by atoms with Gasteiger partial charge in [-0.1, -0.05) is 48.0 Å². The first-order valence-electron chi connectivity index (χ1n) is 8.99. The molecule has 0 bridgehead atoms. The number of carboxylic acids is 1. The van der Waals surface area contributed by atoms with Crippen molar-refractivity contribution in [2.75, 3.05) is 0 Å². The average molecular weight is 421 g/mol. The maximum atomic E-state index is 12.5. The molecule has 1 aromatic heterocycles. The molecule has 0 radical (unpaired) electrons. The van der Waals surface area contributed by atoms with E-state index in [1.54, 1.807) is 18.2 Å². The lowest BCUT2D eigenvalue weighted by atomic mass is 10.1. The van der Waals surface area contributed by atoms with Gasteiger partial charge < -0.3 is 14.8 Å². The number of hydrogen-bond donors (Lipinski definition) is 2. The van der Waals surface area contributed by atoms with Crippen LogP contribution in [0.3, 0.4) is 0 Å². The van der Waals surface area contributed by atoms with Crippen LogP contribution in [0, 0.1) is 11.3 Å². The number of rotatable bonds is 6. The first kappa shape index (κ1) is 20.9. The highest BCUT2D eigenvalue weighted by Gasteiger charge is 2.15. The number of amides is 1. The number of nitrogens with zero attached hydrogens (tertiary/aromatic N) is 1. The molecule has 0 aliphatic carbocycles. The van der Waals surface area contributed by atoms with Gasteiger partial charge in [-0.2, -0.15) is 5.26 Å². The van der Waals surface area contributed by atoms with Gasteiger partial charge in [0, 0.05) is 11.6 Å². The normalized spacial score (nSPS) is 12.1. The van der Waals surface area contributed by atoms with Gasteiger partial charge in [-0.15, -0.1) is 0 Å². The summed E-state index contributed by atoms with van der Waals surface area (Å²) in [7, 11) is 0. The van der Waals surface area contributed by atoms with Crippen LogP contribution in [0.4, 0.5) is 0 Å². The zero-order chi connectivity index (χ0) is 21.7. The second kappa shape index (κ2) is 9.12. The Bertz CT molecular complexity index is 1160. The number of aromatic carboxylic acids is 1. The Morgan fingerprint density at radius 1 is 1.17 bits per heavy atom. The first-order chi connectivity index (χ1) is 14.4. The van der Waals surface area contributed by atoms with Crippen LogP contribution in [-0.2, 0) is 4.79 Å². The quantitative estimate of drug-likeness (QED) is 0.427. The van der Waals surface area contributed by atoms with Crippen molar-refractivity contribution in [3.05, 3.63) is 88.1 Å². The zero-order valence-corrected chi connectivity index (χ0v) is 16.7. The zero-order valence-electron chi connectivity index (χ0n) is 15.9. The van der Waals surface area contributed by atoms with Crippen LogP contribution in [0.5, 0.6) is 0 Å². The van der Waals surface area contributed by atoms with Crippen LogP contribution >= 0.6 is 11.6 Å². The van der Waals surface area contributed by atoms with E-state index in [1.807, 2.05) is 43.3 Å². The number of carbonyl (C=O) groups is 2. The molecule has 2 N–H and O–H groups in total. The SMILES string of the molecule is C[C@@H](NC(=O)/C(C#N)=C/c1ccc(-c2ccc(C(=O)O)c(Cl)c2)o1)c1ccccc1. The molecule has 1 atom stereocenters. The summed E-state index contributed by atoms with van der Waals surface area (Å²) in [6.45, 7) is 1.83. The fourth-order valence-corrected chi connectivity index (χ4v) is 3.08. The van der Waals surface area contributed by atoms with E-state index in [1.165, 1.54) is 18.2 Å². The summed E-state index contributed by atoms with van der Waals surface area (Å²) in [5.74, 6) is -0.900. The lowest BCUT2D eigenvalue weighted by Gasteiger charge is -2.13. The predicted octanol–water partition coefficient (Wildman–Crippen LogP) is 5.08. The number of nitriles is 1. The van der Waals surface area contributed by atoms with Crippen LogP contribution in [0.15, 0.2) is 70.7 Å². The van der Waals surface area contributed by atoms with Crippen molar-refractivity contribution < 1.29 is 19.1 Å². The lowest BCUT2D eigenvalue weighted by molar-refractivity contribution is -0.117. The Hall–Kier alpha value is -3.82. The monoisotopic (exact) mass is 420 g/mol. The maximum absolute atomic E-state index is 12.5. The molecule has 3 aromatic rings.